The molecule has 0 radical (unpaired) electrons. The molecule has 0 atom stereocenters. The summed E-state index contributed by atoms with van der Waals surface area (Å²) in [6.07, 6.45) is 1.47. The number of nitrogens with two attached hydrogens (primary N) is 1. The molecule has 1 aliphatic rings. The van der Waals surface area contributed by atoms with Gasteiger partial charge in [-0.15, -0.1) is 11.3 Å². The third-order valence-electron chi connectivity index (χ3n) is 4.87. The number of carbonyl (C=O) groups is 2. The molecule has 0 unspecified atom stereocenters. The third-order valence-corrected chi connectivity index (χ3v) is 5.99. The van der Waals surface area contributed by atoms with Gasteiger partial charge in [0.1, 0.15) is 11.6 Å². The summed E-state index contributed by atoms with van der Waals surface area (Å²) in [6, 6.07) is 13.4. The molecule has 0 saturated carbocycles. The minimum Gasteiger partial charge on any atom is -0.366 e. The first-order chi connectivity index (χ1) is 14.0. The second-order valence-corrected chi connectivity index (χ2v) is 7.80. The first-order valence-electron chi connectivity index (χ1n) is 9.17. The fourth-order valence-electron chi connectivity index (χ4n) is 3.24. The molecule has 1 aliphatic heterocycles. The van der Waals surface area contributed by atoms with Gasteiger partial charge in [0.25, 0.3) is 5.91 Å². The minimum absolute atomic E-state index is 0.0000437. The topological polar surface area (TPSA) is 79.5 Å². The van der Waals surface area contributed by atoms with Crippen LogP contribution in [0.5, 0.6) is 0 Å². The molecule has 0 spiro atoms. The standard InChI is InChI=1S/C21H19FN4O2S/c22-16-4-1-14(2-5-16)17-6-7-18(29-17)21(28)26-11-9-25(10-12-26)19-8-3-15(13-24-19)20(23)27/h1-8,13H,9-12H2,(H2,23,27). The van der Waals surface area contributed by atoms with Gasteiger partial charge in [-0.2, -0.15) is 0 Å². The number of aromatic nitrogens is 1. The molecule has 4 rings (SSSR count). The van der Waals surface area contributed by atoms with Crippen LogP contribution in [0.3, 0.4) is 0 Å². The van der Waals surface area contributed by atoms with Crippen LogP contribution >= 0.6 is 11.3 Å². The SMILES string of the molecule is NC(=O)c1ccc(N2CCN(C(=O)c3ccc(-c4ccc(F)cc4)s3)CC2)nc1. The number of nitrogens with zero attached hydrogens (tertiary/aromatic N) is 3. The van der Waals surface area contributed by atoms with E-state index in [9.17, 15) is 14.0 Å². The van der Waals surface area contributed by atoms with Crippen molar-refractivity contribution in [2.45, 2.75) is 0 Å². The highest BCUT2D eigenvalue weighted by Gasteiger charge is 2.24. The molecule has 0 bridgehead atoms. The summed E-state index contributed by atoms with van der Waals surface area (Å²) in [7, 11) is 0. The second kappa shape index (κ2) is 8.00. The van der Waals surface area contributed by atoms with Gasteiger partial charge in [0, 0.05) is 37.3 Å². The first-order valence-corrected chi connectivity index (χ1v) is 9.99. The summed E-state index contributed by atoms with van der Waals surface area (Å²) in [5, 5.41) is 0. The summed E-state index contributed by atoms with van der Waals surface area (Å²) in [6.45, 7) is 2.49. The predicted molar refractivity (Wildman–Crippen MR) is 111 cm³/mol. The van der Waals surface area contributed by atoms with Crippen LogP contribution in [-0.2, 0) is 0 Å². The van der Waals surface area contributed by atoms with Gasteiger partial charge in [0.2, 0.25) is 5.91 Å². The monoisotopic (exact) mass is 410 g/mol. The lowest BCUT2D eigenvalue weighted by Crippen LogP contribution is -2.48. The summed E-state index contributed by atoms with van der Waals surface area (Å²) in [5.74, 6) is -0.0227. The zero-order valence-corrected chi connectivity index (χ0v) is 16.4. The van der Waals surface area contributed by atoms with Crippen molar-refractivity contribution in [3.8, 4) is 10.4 Å². The van der Waals surface area contributed by atoms with Crippen molar-refractivity contribution < 1.29 is 14.0 Å². The number of anilines is 1. The number of rotatable bonds is 4. The van der Waals surface area contributed by atoms with Crippen LogP contribution in [0, 0.1) is 5.82 Å². The van der Waals surface area contributed by atoms with Crippen LogP contribution in [0.2, 0.25) is 0 Å². The molecule has 2 amide bonds. The van der Waals surface area contributed by atoms with Crippen LogP contribution < -0.4 is 10.6 Å². The van der Waals surface area contributed by atoms with E-state index in [0.717, 1.165) is 16.3 Å². The van der Waals surface area contributed by atoms with E-state index in [-0.39, 0.29) is 11.7 Å². The highest BCUT2D eigenvalue weighted by atomic mass is 32.1. The number of thiophene rings is 1. The van der Waals surface area contributed by atoms with Crippen molar-refractivity contribution in [3.05, 3.63) is 71.0 Å². The Morgan fingerprint density at radius 1 is 0.966 bits per heavy atom. The Balaban J connectivity index is 1.39. The molecule has 6 nitrogen and oxygen atoms in total. The maximum Gasteiger partial charge on any atom is 0.264 e. The molecule has 2 N–H and O–H groups in total. The van der Waals surface area contributed by atoms with Crippen molar-refractivity contribution >= 4 is 29.0 Å². The summed E-state index contributed by atoms with van der Waals surface area (Å²) < 4.78 is 13.1. The van der Waals surface area contributed by atoms with Crippen LogP contribution in [0.15, 0.2) is 54.7 Å². The number of hydrogen-bond donors (Lipinski definition) is 1. The summed E-state index contributed by atoms with van der Waals surface area (Å²) >= 11 is 1.41. The lowest BCUT2D eigenvalue weighted by molar-refractivity contribution is 0.0751. The number of piperazine rings is 1. The highest BCUT2D eigenvalue weighted by molar-refractivity contribution is 7.17. The molecule has 1 fully saturated rings. The molecule has 148 valence electrons. The van der Waals surface area contributed by atoms with Gasteiger partial charge >= 0.3 is 0 Å². The number of carbonyl (C=O) groups excluding carboxylic acids is 2. The molecule has 1 aromatic carbocycles. The number of amides is 2. The normalized spacial score (nSPS) is 14.1. The molecular weight excluding hydrogens is 391 g/mol. The van der Waals surface area contributed by atoms with E-state index in [0.29, 0.717) is 36.6 Å². The van der Waals surface area contributed by atoms with Crippen molar-refractivity contribution in [1.29, 1.82) is 0 Å². The average Bonchev–Trinajstić information content (AvgIpc) is 3.24. The van der Waals surface area contributed by atoms with Gasteiger partial charge in [0.05, 0.1) is 10.4 Å². The summed E-state index contributed by atoms with van der Waals surface area (Å²) in [5.41, 5.74) is 6.51. The predicted octanol–water partition coefficient (Wildman–Crippen LogP) is 3.01. The lowest BCUT2D eigenvalue weighted by Gasteiger charge is -2.35. The molecule has 3 aromatic rings. The fraction of sp³-hybridized carbons (Fsp3) is 0.190. The number of pyridine rings is 1. The van der Waals surface area contributed by atoms with Gasteiger partial charge < -0.3 is 15.5 Å². The van der Waals surface area contributed by atoms with Crippen LogP contribution in [0.25, 0.3) is 10.4 Å². The Labute approximate surface area is 171 Å². The number of benzene rings is 1. The third kappa shape index (κ3) is 4.12. The zero-order valence-electron chi connectivity index (χ0n) is 15.5. The average molecular weight is 410 g/mol. The Kier molecular flexibility index (Phi) is 5.26. The Morgan fingerprint density at radius 2 is 1.69 bits per heavy atom. The molecule has 29 heavy (non-hydrogen) atoms. The maximum atomic E-state index is 13.1. The van der Waals surface area contributed by atoms with Gasteiger partial charge in [-0.3, -0.25) is 9.59 Å². The van der Waals surface area contributed by atoms with E-state index >= 15 is 0 Å². The van der Waals surface area contributed by atoms with Crippen LogP contribution in [0.4, 0.5) is 10.2 Å². The van der Waals surface area contributed by atoms with E-state index in [1.807, 2.05) is 17.0 Å². The number of primary amides is 1. The van der Waals surface area contributed by atoms with E-state index in [1.54, 1.807) is 24.3 Å². The van der Waals surface area contributed by atoms with Gasteiger partial charge in [-0.05, 0) is 42.0 Å². The number of halogens is 1. The number of hydrogen-bond acceptors (Lipinski definition) is 5. The Hall–Kier alpha value is -3.26. The largest absolute Gasteiger partial charge is 0.366 e. The van der Waals surface area contributed by atoms with E-state index in [1.165, 1.54) is 29.7 Å². The molecule has 3 heterocycles. The summed E-state index contributed by atoms with van der Waals surface area (Å²) in [4.78, 5) is 33.8. The maximum absolute atomic E-state index is 13.1. The smallest absolute Gasteiger partial charge is 0.264 e. The minimum atomic E-state index is -0.504. The molecule has 1 saturated heterocycles. The zero-order chi connectivity index (χ0) is 20.4. The fourth-order valence-corrected chi connectivity index (χ4v) is 4.21. The van der Waals surface area contributed by atoms with Crippen molar-refractivity contribution in [2.24, 2.45) is 5.73 Å². The van der Waals surface area contributed by atoms with E-state index < -0.39 is 5.91 Å². The van der Waals surface area contributed by atoms with Gasteiger partial charge in [-0.25, -0.2) is 9.37 Å². The van der Waals surface area contributed by atoms with E-state index in [4.69, 9.17) is 5.73 Å². The van der Waals surface area contributed by atoms with E-state index in [2.05, 4.69) is 9.88 Å². The van der Waals surface area contributed by atoms with Crippen molar-refractivity contribution in [2.75, 3.05) is 31.1 Å². The van der Waals surface area contributed by atoms with Gasteiger partial charge in [-0.1, -0.05) is 12.1 Å². The molecule has 0 aliphatic carbocycles. The molecular formula is C21H19FN4O2S. The van der Waals surface area contributed by atoms with Crippen molar-refractivity contribution in [3.63, 3.8) is 0 Å². The lowest BCUT2D eigenvalue weighted by atomic mass is 10.2. The molecule has 8 heteroatoms. The molecule has 2 aromatic heterocycles. The van der Waals surface area contributed by atoms with Crippen LogP contribution in [0.1, 0.15) is 20.0 Å². The van der Waals surface area contributed by atoms with Crippen molar-refractivity contribution in [1.82, 2.24) is 9.88 Å². The second-order valence-electron chi connectivity index (χ2n) is 6.72. The van der Waals surface area contributed by atoms with Gasteiger partial charge in [0.15, 0.2) is 0 Å². The Morgan fingerprint density at radius 3 is 2.31 bits per heavy atom. The highest BCUT2D eigenvalue weighted by Crippen LogP contribution is 2.29. The quantitative estimate of drug-likeness (QED) is 0.717. The van der Waals surface area contributed by atoms with Crippen LogP contribution in [-0.4, -0.2) is 47.9 Å². The first kappa shape index (κ1) is 19.1. The Bertz CT molecular complexity index is 1030.